The molecule has 0 aliphatic rings. The molecule has 0 fully saturated rings. The number of nitrogens with one attached hydrogen (secondary N) is 1. The van der Waals surface area contributed by atoms with Gasteiger partial charge in [0.2, 0.25) is 11.9 Å². The summed E-state index contributed by atoms with van der Waals surface area (Å²) in [6.07, 6.45) is 0. The molecule has 0 bridgehead atoms. The molecule has 28 heavy (non-hydrogen) atoms. The van der Waals surface area contributed by atoms with Crippen molar-refractivity contribution in [3.05, 3.63) is 71.5 Å². The maximum Gasteiger partial charge on any atom is 0.232 e. The second-order valence-electron chi connectivity index (χ2n) is 6.46. The van der Waals surface area contributed by atoms with E-state index in [1.807, 2.05) is 30.3 Å². The van der Waals surface area contributed by atoms with E-state index in [1.54, 1.807) is 11.8 Å². The molecule has 6 nitrogen and oxygen atoms in total. The van der Waals surface area contributed by atoms with Gasteiger partial charge in [0.1, 0.15) is 5.82 Å². The van der Waals surface area contributed by atoms with Gasteiger partial charge in [-0.3, -0.25) is 0 Å². The lowest BCUT2D eigenvalue weighted by Gasteiger charge is -2.09. The average molecular weight is 389 g/mol. The van der Waals surface area contributed by atoms with Crippen molar-refractivity contribution in [1.29, 1.82) is 0 Å². The maximum absolute atomic E-state index is 5.87. The molecular formula is C21H20N6S. The number of anilines is 3. The first-order valence-corrected chi connectivity index (χ1v) is 9.89. The lowest BCUT2D eigenvalue weighted by atomic mass is 10.1. The van der Waals surface area contributed by atoms with Gasteiger partial charge in [-0.15, -0.1) is 0 Å². The molecule has 2 aromatic carbocycles. The molecule has 140 valence electrons. The average Bonchev–Trinajstić information content (AvgIpc) is 2.68. The van der Waals surface area contributed by atoms with Crippen LogP contribution in [0.1, 0.15) is 17.0 Å². The van der Waals surface area contributed by atoms with Crippen molar-refractivity contribution < 1.29 is 0 Å². The van der Waals surface area contributed by atoms with Crippen LogP contribution in [-0.2, 0) is 5.75 Å². The van der Waals surface area contributed by atoms with E-state index in [9.17, 15) is 0 Å². The van der Waals surface area contributed by atoms with E-state index >= 15 is 0 Å². The van der Waals surface area contributed by atoms with Gasteiger partial charge in [-0.1, -0.05) is 48.2 Å². The Labute approximate surface area is 167 Å². The number of hydrogen-bond acceptors (Lipinski definition) is 7. The van der Waals surface area contributed by atoms with Gasteiger partial charge in [-0.05, 0) is 43.2 Å². The molecule has 7 heteroatoms. The number of aryl methyl sites for hydroxylation is 2. The molecule has 3 N–H and O–H groups in total. The van der Waals surface area contributed by atoms with Gasteiger partial charge >= 0.3 is 0 Å². The highest BCUT2D eigenvalue weighted by atomic mass is 32.2. The molecular weight excluding hydrogens is 368 g/mol. The molecule has 0 saturated carbocycles. The number of aromatic nitrogens is 4. The summed E-state index contributed by atoms with van der Waals surface area (Å²) in [6, 6.07) is 18.1. The number of thioether (sulfide) groups is 1. The van der Waals surface area contributed by atoms with Crippen LogP contribution in [0.5, 0.6) is 0 Å². The van der Waals surface area contributed by atoms with Crippen molar-refractivity contribution in [2.75, 3.05) is 11.1 Å². The van der Waals surface area contributed by atoms with Crippen molar-refractivity contribution >= 4 is 40.2 Å². The quantitative estimate of drug-likeness (QED) is 0.481. The molecule has 0 unspecified atom stereocenters. The van der Waals surface area contributed by atoms with E-state index in [1.165, 1.54) is 16.5 Å². The minimum absolute atomic E-state index is 0.197. The maximum atomic E-state index is 5.87. The fraction of sp³-hybridized carbons (Fsp3) is 0.143. The number of fused-ring (bicyclic) bond motifs is 1. The summed E-state index contributed by atoms with van der Waals surface area (Å²) in [6.45, 7) is 4.19. The van der Waals surface area contributed by atoms with E-state index in [0.717, 1.165) is 16.2 Å². The van der Waals surface area contributed by atoms with E-state index in [2.05, 4.69) is 58.4 Å². The molecule has 0 saturated heterocycles. The summed E-state index contributed by atoms with van der Waals surface area (Å²) in [5.74, 6) is 1.80. The summed E-state index contributed by atoms with van der Waals surface area (Å²) in [5.41, 5.74) is 10.2. The minimum Gasteiger partial charge on any atom is -0.368 e. The van der Waals surface area contributed by atoms with Crippen LogP contribution in [0.3, 0.4) is 0 Å². The van der Waals surface area contributed by atoms with Crippen LogP contribution in [0.15, 0.2) is 59.6 Å². The van der Waals surface area contributed by atoms with Gasteiger partial charge in [0, 0.05) is 11.1 Å². The molecule has 0 spiro atoms. The van der Waals surface area contributed by atoms with Crippen LogP contribution < -0.4 is 11.1 Å². The van der Waals surface area contributed by atoms with Gasteiger partial charge in [0.05, 0.1) is 16.3 Å². The number of nitrogen functional groups attached to an aromatic ring is 1. The Balaban J connectivity index is 1.55. The van der Waals surface area contributed by atoms with Crippen LogP contribution in [0.25, 0.3) is 10.9 Å². The SMILES string of the molecule is Cc1cc(SCc2nc(N)nc(Nc3ccccc3)n2)nc2c(C)cccc12. The third-order valence-electron chi connectivity index (χ3n) is 4.30. The van der Waals surface area contributed by atoms with Gasteiger partial charge in [-0.25, -0.2) is 4.98 Å². The zero-order valence-corrected chi connectivity index (χ0v) is 16.5. The Morgan fingerprint density at radius 2 is 1.71 bits per heavy atom. The topological polar surface area (TPSA) is 89.6 Å². The molecule has 2 aromatic heterocycles. The molecule has 0 aliphatic heterocycles. The smallest absolute Gasteiger partial charge is 0.232 e. The second-order valence-corrected chi connectivity index (χ2v) is 7.46. The molecule has 0 amide bonds. The van der Waals surface area contributed by atoms with E-state index in [4.69, 9.17) is 10.7 Å². The summed E-state index contributed by atoms with van der Waals surface area (Å²) < 4.78 is 0. The Morgan fingerprint density at radius 1 is 0.893 bits per heavy atom. The Kier molecular flexibility index (Phi) is 5.08. The first kappa shape index (κ1) is 18.2. The highest BCUT2D eigenvalue weighted by Crippen LogP contribution is 2.27. The van der Waals surface area contributed by atoms with Gasteiger partial charge in [0.25, 0.3) is 0 Å². The van der Waals surface area contributed by atoms with Crippen molar-refractivity contribution in [1.82, 2.24) is 19.9 Å². The first-order chi connectivity index (χ1) is 13.6. The van der Waals surface area contributed by atoms with Crippen LogP contribution in [0, 0.1) is 13.8 Å². The molecule has 4 aromatic rings. The fourth-order valence-corrected chi connectivity index (χ4v) is 3.77. The van der Waals surface area contributed by atoms with Crippen LogP contribution >= 0.6 is 11.8 Å². The summed E-state index contributed by atoms with van der Waals surface area (Å²) in [7, 11) is 0. The largest absolute Gasteiger partial charge is 0.368 e. The van der Waals surface area contributed by atoms with Gasteiger partial charge in [-0.2, -0.15) is 15.0 Å². The summed E-state index contributed by atoms with van der Waals surface area (Å²) in [5, 5.41) is 5.28. The zero-order chi connectivity index (χ0) is 19.5. The molecule has 2 heterocycles. The third kappa shape index (κ3) is 4.04. The number of pyridine rings is 1. The molecule has 0 radical (unpaired) electrons. The van der Waals surface area contributed by atoms with Gasteiger partial charge < -0.3 is 11.1 Å². The van der Waals surface area contributed by atoms with E-state index in [0.29, 0.717) is 17.5 Å². The van der Waals surface area contributed by atoms with E-state index in [-0.39, 0.29) is 5.95 Å². The number of nitrogens with zero attached hydrogens (tertiary/aromatic N) is 4. The number of rotatable bonds is 5. The van der Waals surface area contributed by atoms with Gasteiger partial charge in [0.15, 0.2) is 0 Å². The van der Waals surface area contributed by atoms with Crippen molar-refractivity contribution in [3.8, 4) is 0 Å². The predicted octanol–water partition coefficient (Wildman–Crippen LogP) is 4.65. The predicted molar refractivity (Wildman–Crippen MR) is 115 cm³/mol. The Bertz CT molecular complexity index is 1130. The van der Waals surface area contributed by atoms with Crippen LogP contribution in [0.4, 0.5) is 17.6 Å². The number of nitrogens with two attached hydrogens (primary N) is 1. The standard InChI is InChI=1S/C21H20N6S/c1-13-7-6-10-16-14(2)11-18(26-19(13)16)28-12-17-24-20(22)27-21(25-17)23-15-8-4-3-5-9-15/h3-11H,12H2,1-2H3,(H3,22,23,24,25,27). The highest BCUT2D eigenvalue weighted by molar-refractivity contribution is 7.98. The highest BCUT2D eigenvalue weighted by Gasteiger charge is 2.09. The lowest BCUT2D eigenvalue weighted by Crippen LogP contribution is -2.06. The van der Waals surface area contributed by atoms with Crippen molar-refractivity contribution in [2.45, 2.75) is 24.6 Å². The second kappa shape index (κ2) is 7.82. The van der Waals surface area contributed by atoms with Crippen molar-refractivity contribution in [3.63, 3.8) is 0 Å². The fourth-order valence-electron chi connectivity index (χ4n) is 2.95. The zero-order valence-electron chi connectivity index (χ0n) is 15.7. The minimum atomic E-state index is 0.197. The van der Waals surface area contributed by atoms with E-state index < -0.39 is 0 Å². The Hall–Kier alpha value is -3.19. The van der Waals surface area contributed by atoms with Crippen LogP contribution in [-0.4, -0.2) is 19.9 Å². The summed E-state index contributed by atoms with van der Waals surface area (Å²) >= 11 is 1.59. The molecule has 0 atom stereocenters. The number of para-hydroxylation sites is 2. The number of benzene rings is 2. The molecule has 4 rings (SSSR count). The number of hydrogen-bond donors (Lipinski definition) is 2. The van der Waals surface area contributed by atoms with Crippen molar-refractivity contribution in [2.24, 2.45) is 0 Å². The molecule has 0 aliphatic carbocycles. The summed E-state index contributed by atoms with van der Waals surface area (Å²) in [4.78, 5) is 17.7. The monoisotopic (exact) mass is 388 g/mol. The van der Waals surface area contributed by atoms with Crippen LogP contribution in [0.2, 0.25) is 0 Å². The third-order valence-corrected chi connectivity index (χ3v) is 5.21. The normalized spacial score (nSPS) is 10.9. The Morgan fingerprint density at radius 3 is 2.54 bits per heavy atom. The lowest BCUT2D eigenvalue weighted by molar-refractivity contribution is 0.980. The first-order valence-electron chi connectivity index (χ1n) is 8.91.